The van der Waals surface area contributed by atoms with Crippen LogP contribution in [-0.2, 0) is 16.0 Å². The second kappa shape index (κ2) is 5.03. The molecule has 1 fully saturated rings. The van der Waals surface area contributed by atoms with E-state index in [1.165, 1.54) is 0 Å². The summed E-state index contributed by atoms with van der Waals surface area (Å²) in [6.07, 6.45) is 0.125. The zero-order chi connectivity index (χ0) is 11.5. The summed E-state index contributed by atoms with van der Waals surface area (Å²) in [5, 5.41) is 2.86. The summed E-state index contributed by atoms with van der Waals surface area (Å²) < 4.78 is 5.47. The van der Waals surface area contributed by atoms with E-state index < -0.39 is 0 Å². The molecule has 1 aromatic heterocycles. The molecule has 2 rings (SSSR count). The molecule has 0 aromatic carbocycles. The third kappa shape index (κ3) is 2.87. The minimum absolute atomic E-state index is 0.140. The highest BCUT2D eigenvalue weighted by molar-refractivity contribution is 7.09. The monoisotopic (exact) mass is 240 g/mol. The lowest BCUT2D eigenvalue weighted by molar-refractivity contribution is -0.134. The molecule has 4 nitrogen and oxygen atoms in total. The van der Waals surface area contributed by atoms with Crippen LogP contribution in [0.15, 0.2) is 5.38 Å². The van der Waals surface area contributed by atoms with Crippen LogP contribution in [0.4, 0.5) is 0 Å². The predicted molar refractivity (Wildman–Crippen MR) is 62.8 cm³/mol. The van der Waals surface area contributed by atoms with Gasteiger partial charge in [0.05, 0.1) is 13.0 Å². The molecule has 0 bridgehead atoms. The van der Waals surface area contributed by atoms with Crippen LogP contribution >= 0.6 is 11.3 Å². The number of morpholine rings is 1. The fourth-order valence-electron chi connectivity index (χ4n) is 1.72. The number of hydrogen-bond acceptors (Lipinski definition) is 5. The third-order valence-corrected chi connectivity index (χ3v) is 3.59. The molecule has 16 heavy (non-hydrogen) atoms. The van der Waals surface area contributed by atoms with Gasteiger partial charge in [-0.05, 0) is 14.0 Å². The first-order valence-corrected chi connectivity index (χ1v) is 6.27. The van der Waals surface area contributed by atoms with Gasteiger partial charge in [-0.1, -0.05) is 0 Å². The Morgan fingerprint density at radius 2 is 2.56 bits per heavy atom. The number of likely N-dealkylation sites (N-methyl/N-ethyl adjacent to an activating group) is 1. The fourth-order valence-corrected chi connectivity index (χ4v) is 2.50. The van der Waals surface area contributed by atoms with Crippen molar-refractivity contribution in [1.82, 2.24) is 9.88 Å². The second-order valence-electron chi connectivity index (χ2n) is 4.15. The maximum Gasteiger partial charge on any atom is 0.169 e. The molecule has 2 heterocycles. The van der Waals surface area contributed by atoms with E-state index in [1.54, 1.807) is 11.3 Å². The first kappa shape index (κ1) is 11.7. The van der Waals surface area contributed by atoms with Crippen LogP contribution in [0, 0.1) is 6.92 Å². The highest BCUT2D eigenvalue weighted by Crippen LogP contribution is 2.12. The zero-order valence-corrected chi connectivity index (χ0v) is 10.4. The summed E-state index contributed by atoms with van der Waals surface area (Å²) in [5.41, 5.74) is 0.981. The molecule has 1 aliphatic heterocycles. The molecule has 0 aliphatic carbocycles. The van der Waals surface area contributed by atoms with E-state index in [0.29, 0.717) is 19.6 Å². The summed E-state index contributed by atoms with van der Waals surface area (Å²) in [4.78, 5) is 18.4. The van der Waals surface area contributed by atoms with Gasteiger partial charge in [-0.25, -0.2) is 4.98 Å². The van der Waals surface area contributed by atoms with E-state index in [1.807, 2.05) is 19.4 Å². The van der Waals surface area contributed by atoms with Gasteiger partial charge in [0.2, 0.25) is 0 Å². The van der Waals surface area contributed by atoms with Crippen LogP contribution < -0.4 is 0 Å². The van der Waals surface area contributed by atoms with Crippen LogP contribution in [0.1, 0.15) is 10.7 Å². The molecule has 88 valence electrons. The van der Waals surface area contributed by atoms with Crippen LogP contribution in [0.25, 0.3) is 0 Å². The second-order valence-corrected chi connectivity index (χ2v) is 5.09. The normalized spacial score (nSPS) is 22.2. The van der Waals surface area contributed by atoms with Crippen molar-refractivity contribution in [2.45, 2.75) is 19.4 Å². The van der Waals surface area contributed by atoms with Crippen LogP contribution in [-0.4, -0.2) is 48.5 Å². The van der Waals surface area contributed by atoms with Gasteiger partial charge in [0.15, 0.2) is 5.78 Å². The van der Waals surface area contributed by atoms with Gasteiger partial charge >= 0.3 is 0 Å². The molecule has 0 radical (unpaired) electrons. The molecule has 0 spiro atoms. The standard InChI is InChI=1S/C11H16N2O2S/c1-8-7-16-11(12-8)5-9(14)10-6-13(2)3-4-15-10/h7,10H,3-6H2,1-2H3. The Morgan fingerprint density at radius 1 is 1.75 bits per heavy atom. The van der Waals surface area contributed by atoms with Crippen LogP contribution in [0.5, 0.6) is 0 Å². The van der Waals surface area contributed by atoms with Gasteiger partial charge in [-0.3, -0.25) is 4.79 Å². The number of ether oxygens (including phenoxy) is 1. The summed E-state index contributed by atoms with van der Waals surface area (Å²) >= 11 is 1.54. The molecule has 0 saturated carbocycles. The number of carbonyl (C=O) groups is 1. The van der Waals surface area contributed by atoms with Crippen molar-refractivity contribution in [3.63, 3.8) is 0 Å². The summed E-state index contributed by atoms with van der Waals surface area (Å²) in [6.45, 7) is 4.18. The van der Waals surface area contributed by atoms with E-state index in [-0.39, 0.29) is 11.9 Å². The first-order valence-electron chi connectivity index (χ1n) is 5.39. The number of aromatic nitrogens is 1. The van der Waals surface area contributed by atoms with Crippen molar-refractivity contribution in [3.05, 3.63) is 16.1 Å². The van der Waals surface area contributed by atoms with Gasteiger partial charge in [-0.2, -0.15) is 0 Å². The average Bonchev–Trinajstić information content (AvgIpc) is 2.64. The number of rotatable bonds is 3. The molecule has 1 aromatic rings. The predicted octanol–water partition coefficient (Wildman–Crippen LogP) is 0.894. The maximum atomic E-state index is 11.9. The van der Waals surface area contributed by atoms with Gasteiger partial charge in [0.1, 0.15) is 11.1 Å². The van der Waals surface area contributed by atoms with Crippen molar-refractivity contribution < 1.29 is 9.53 Å². The molecular weight excluding hydrogens is 224 g/mol. The quantitative estimate of drug-likeness (QED) is 0.787. The molecular formula is C11H16N2O2S. The van der Waals surface area contributed by atoms with Gasteiger partial charge in [0, 0.05) is 24.2 Å². The molecule has 1 saturated heterocycles. The molecule has 1 aliphatic rings. The SMILES string of the molecule is Cc1csc(CC(=O)C2CN(C)CCO2)n1. The third-order valence-electron chi connectivity index (χ3n) is 2.62. The van der Waals surface area contributed by atoms with Crippen molar-refractivity contribution in [3.8, 4) is 0 Å². The molecule has 0 amide bonds. The first-order chi connectivity index (χ1) is 7.65. The van der Waals surface area contributed by atoms with E-state index in [9.17, 15) is 4.79 Å². The minimum atomic E-state index is -0.275. The number of Topliss-reactive ketones (excluding diaryl/α,β-unsaturated/α-hetero) is 1. The van der Waals surface area contributed by atoms with E-state index >= 15 is 0 Å². The number of ketones is 1. The zero-order valence-electron chi connectivity index (χ0n) is 9.60. The molecule has 1 atom stereocenters. The largest absolute Gasteiger partial charge is 0.368 e. The smallest absolute Gasteiger partial charge is 0.169 e. The van der Waals surface area contributed by atoms with E-state index in [2.05, 4.69) is 9.88 Å². The fraction of sp³-hybridized carbons (Fsp3) is 0.636. The maximum absolute atomic E-state index is 11.9. The summed E-state index contributed by atoms with van der Waals surface area (Å²) in [5.74, 6) is 0.140. The van der Waals surface area contributed by atoms with E-state index in [4.69, 9.17) is 4.74 Å². The number of thiazole rings is 1. The Bertz CT molecular complexity index is 378. The van der Waals surface area contributed by atoms with Gasteiger partial charge in [-0.15, -0.1) is 11.3 Å². The topological polar surface area (TPSA) is 42.4 Å². The van der Waals surface area contributed by atoms with Crippen LogP contribution in [0.2, 0.25) is 0 Å². The Kier molecular flexibility index (Phi) is 3.68. The Balaban J connectivity index is 1.92. The van der Waals surface area contributed by atoms with Crippen molar-refractivity contribution >= 4 is 17.1 Å². The minimum Gasteiger partial charge on any atom is -0.368 e. The lowest BCUT2D eigenvalue weighted by Crippen LogP contribution is -2.44. The van der Waals surface area contributed by atoms with Crippen molar-refractivity contribution in [2.75, 3.05) is 26.7 Å². The number of carbonyl (C=O) groups excluding carboxylic acids is 1. The Morgan fingerprint density at radius 3 is 3.19 bits per heavy atom. The lowest BCUT2D eigenvalue weighted by Gasteiger charge is -2.28. The Labute approximate surface area is 99.2 Å². The van der Waals surface area contributed by atoms with E-state index in [0.717, 1.165) is 17.2 Å². The van der Waals surface area contributed by atoms with Crippen molar-refractivity contribution in [2.24, 2.45) is 0 Å². The average molecular weight is 240 g/mol. The highest BCUT2D eigenvalue weighted by atomic mass is 32.1. The number of aryl methyl sites for hydroxylation is 1. The van der Waals surface area contributed by atoms with Gasteiger partial charge in [0.25, 0.3) is 0 Å². The Hall–Kier alpha value is -0.780. The summed E-state index contributed by atoms with van der Waals surface area (Å²) in [7, 11) is 2.01. The number of hydrogen-bond donors (Lipinski definition) is 0. The van der Waals surface area contributed by atoms with Gasteiger partial charge < -0.3 is 9.64 Å². The van der Waals surface area contributed by atoms with Crippen LogP contribution in [0.3, 0.4) is 0 Å². The number of nitrogens with zero attached hydrogens (tertiary/aromatic N) is 2. The lowest BCUT2D eigenvalue weighted by atomic mass is 10.1. The molecule has 0 N–H and O–H groups in total. The molecule has 1 unspecified atom stereocenters. The summed E-state index contributed by atoms with van der Waals surface area (Å²) in [6, 6.07) is 0. The molecule has 5 heteroatoms. The van der Waals surface area contributed by atoms with Crippen molar-refractivity contribution in [1.29, 1.82) is 0 Å². The highest BCUT2D eigenvalue weighted by Gasteiger charge is 2.25.